The van der Waals surface area contributed by atoms with Gasteiger partial charge in [0.25, 0.3) is 0 Å². The summed E-state index contributed by atoms with van der Waals surface area (Å²) in [5.41, 5.74) is 1.21. The zero-order valence-electron chi connectivity index (χ0n) is 14.7. The van der Waals surface area contributed by atoms with Crippen LogP contribution in [0.15, 0.2) is 23.3 Å². The minimum atomic E-state index is 0. The number of likely N-dealkylation sites (N-methyl/N-ethyl adjacent to an activating group) is 1. The Morgan fingerprint density at radius 1 is 1.29 bits per heavy atom. The molecule has 0 atom stereocenters. The molecule has 0 spiro atoms. The molecule has 7 heteroatoms. The van der Waals surface area contributed by atoms with Gasteiger partial charge in [-0.25, -0.2) is 9.98 Å². The highest BCUT2D eigenvalue weighted by atomic mass is 127. The summed E-state index contributed by atoms with van der Waals surface area (Å²) >= 11 is 0. The second-order valence-corrected chi connectivity index (χ2v) is 6.43. The van der Waals surface area contributed by atoms with Crippen LogP contribution in [0.3, 0.4) is 0 Å². The van der Waals surface area contributed by atoms with Gasteiger partial charge in [0.15, 0.2) is 5.96 Å². The smallest absolute Gasteiger partial charge is 0.191 e. The lowest BCUT2D eigenvalue weighted by atomic mass is 10.2. The van der Waals surface area contributed by atoms with E-state index < -0.39 is 0 Å². The number of aromatic nitrogens is 1. The molecule has 1 aliphatic carbocycles. The predicted molar refractivity (Wildman–Crippen MR) is 110 cm³/mol. The molecule has 2 aliphatic rings. The van der Waals surface area contributed by atoms with Crippen LogP contribution in [-0.2, 0) is 6.54 Å². The van der Waals surface area contributed by atoms with E-state index in [2.05, 4.69) is 51.5 Å². The van der Waals surface area contributed by atoms with Gasteiger partial charge in [0.2, 0.25) is 0 Å². The minimum absolute atomic E-state index is 0. The van der Waals surface area contributed by atoms with Gasteiger partial charge in [0, 0.05) is 45.0 Å². The summed E-state index contributed by atoms with van der Waals surface area (Å²) < 4.78 is 0. The van der Waals surface area contributed by atoms with Crippen LogP contribution in [-0.4, -0.2) is 61.7 Å². The summed E-state index contributed by atoms with van der Waals surface area (Å²) in [5, 5.41) is 6.77. The fourth-order valence-electron chi connectivity index (χ4n) is 2.68. The van der Waals surface area contributed by atoms with Gasteiger partial charge in [0.05, 0.1) is 6.54 Å². The van der Waals surface area contributed by atoms with Crippen LogP contribution in [0.5, 0.6) is 0 Å². The lowest BCUT2D eigenvalue weighted by Gasteiger charge is -2.33. The molecule has 1 saturated heterocycles. The van der Waals surface area contributed by atoms with E-state index in [0.29, 0.717) is 12.6 Å². The van der Waals surface area contributed by atoms with E-state index in [1.165, 1.54) is 18.4 Å². The normalized spacial score (nSPS) is 18.9. The van der Waals surface area contributed by atoms with Crippen LogP contribution in [0.1, 0.15) is 25.3 Å². The molecular weight excluding hydrogens is 415 g/mol. The number of hydrogen-bond donors (Lipinski definition) is 2. The summed E-state index contributed by atoms with van der Waals surface area (Å²) in [4.78, 5) is 14.0. The van der Waals surface area contributed by atoms with Crippen molar-refractivity contribution < 1.29 is 0 Å². The molecule has 0 amide bonds. The van der Waals surface area contributed by atoms with E-state index in [0.717, 1.165) is 44.5 Å². The van der Waals surface area contributed by atoms with Crippen molar-refractivity contribution in [1.29, 1.82) is 0 Å². The SMILES string of the molecule is CCNC(=NCc1ccnc(N2CCN(C)CC2)c1)NC1CC1.I. The first kappa shape index (κ1) is 19.2. The van der Waals surface area contributed by atoms with E-state index in [4.69, 9.17) is 4.99 Å². The third-order valence-electron chi connectivity index (χ3n) is 4.32. The molecule has 0 bridgehead atoms. The third-order valence-corrected chi connectivity index (χ3v) is 4.32. The van der Waals surface area contributed by atoms with Crippen molar-refractivity contribution in [2.45, 2.75) is 32.4 Å². The van der Waals surface area contributed by atoms with Gasteiger partial charge >= 0.3 is 0 Å². The second-order valence-electron chi connectivity index (χ2n) is 6.43. The maximum atomic E-state index is 4.70. The van der Waals surface area contributed by atoms with Gasteiger partial charge < -0.3 is 20.4 Å². The molecule has 2 N–H and O–H groups in total. The monoisotopic (exact) mass is 444 g/mol. The lowest BCUT2D eigenvalue weighted by molar-refractivity contribution is 0.312. The van der Waals surface area contributed by atoms with Crippen molar-refractivity contribution in [2.24, 2.45) is 4.99 Å². The molecule has 0 unspecified atom stereocenters. The Morgan fingerprint density at radius 2 is 2.04 bits per heavy atom. The van der Waals surface area contributed by atoms with Crippen molar-refractivity contribution in [1.82, 2.24) is 20.5 Å². The molecule has 1 aliphatic heterocycles. The Morgan fingerprint density at radius 3 is 2.71 bits per heavy atom. The van der Waals surface area contributed by atoms with Gasteiger partial charge in [-0.3, -0.25) is 0 Å². The molecule has 3 rings (SSSR count). The first-order valence-electron chi connectivity index (χ1n) is 8.68. The van der Waals surface area contributed by atoms with E-state index in [1.54, 1.807) is 0 Å². The molecule has 134 valence electrons. The fourth-order valence-corrected chi connectivity index (χ4v) is 2.68. The molecule has 24 heavy (non-hydrogen) atoms. The maximum absolute atomic E-state index is 4.70. The van der Waals surface area contributed by atoms with E-state index in [9.17, 15) is 0 Å². The first-order valence-corrected chi connectivity index (χ1v) is 8.68. The van der Waals surface area contributed by atoms with Crippen LogP contribution < -0.4 is 15.5 Å². The Hall–Kier alpha value is -1.09. The second kappa shape index (κ2) is 9.41. The molecular formula is C17H29IN6. The summed E-state index contributed by atoms with van der Waals surface area (Å²) in [6.07, 6.45) is 4.42. The minimum Gasteiger partial charge on any atom is -0.357 e. The number of guanidine groups is 1. The number of piperazine rings is 1. The zero-order chi connectivity index (χ0) is 16.1. The van der Waals surface area contributed by atoms with Gasteiger partial charge in [-0.15, -0.1) is 24.0 Å². The molecule has 6 nitrogen and oxygen atoms in total. The molecule has 1 saturated carbocycles. The average Bonchev–Trinajstić information content (AvgIpc) is 3.38. The van der Waals surface area contributed by atoms with Crippen molar-refractivity contribution in [3.05, 3.63) is 23.9 Å². The highest BCUT2D eigenvalue weighted by Gasteiger charge is 2.22. The number of halogens is 1. The predicted octanol–water partition coefficient (Wildman–Crippen LogP) is 1.67. The summed E-state index contributed by atoms with van der Waals surface area (Å²) in [6.45, 7) is 7.96. The Bertz CT molecular complexity index is 538. The summed E-state index contributed by atoms with van der Waals surface area (Å²) in [5.74, 6) is 2.00. The maximum Gasteiger partial charge on any atom is 0.191 e. The number of hydrogen-bond acceptors (Lipinski definition) is 4. The number of nitrogens with zero attached hydrogens (tertiary/aromatic N) is 4. The number of rotatable bonds is 5. The highest BCUT2D eigenvalue weighted by molar-refractivity contribution is 14.0. The molecule has 0 radical (unpaired) electrons. The standard InChI is InChI=1S/C17H28N6.HI/c1-3-18-17(21-15-4-5-15)20-13-14-6-7-19-16(12-14)23-10-8-22(2)9-11-23;/h6-7,12,15H,3-5,8-11,13H2,1-2H3,(H2,18,20,21);1H. The molecule has 1 aromatic heterocycles. The zero-order valence-corrected chi connectivity index (χ0v) is 17.0. The van der Waals surface area contributed by atoms with Gasteiger partial charge in [0.1, 0.15) is 5.82 Å². The summed E-state index contributed by atoms with van der Waals surface area (Å²) in [7, 11) is 2.17. The topological polar surface area (TPSA) is 55.8 Å². The van der Waals surface area contributed by atoms with E-state index in [-0.39, 0.29) is 24.0 Å². The van der Waals surface area contributed by atoms with Crippen molar-refractivity contribution >= 4 is 35.8 Å². The molecule has 2 heterocycles. The number of nitrogens with one attached hydrogen (secondary N) is 2. The van der Waals surface area contributed by atoms with Crippen molar-refractivity contribution in [2.75, 3.05) is 44.7 Å². The van der Waals surface area contributed by atoms with Crippen LogP contribution in [0.4, 0.5) is 5.82 Å². The molecule has 1 aromatic rings. The van der Waals surface area contributed by atoms with Gasteiger partial charge in [-0.2, -0.15) is 0 Å². The third kappa shape index (κ3) is 5.77. The van der Waals surface area contributed by atoms with E-state index in [1.807, 2.05) is 6.20 Å². The van der Waals surface area contributed by atoms with Gasteiger partial charge in [-0.1, -0.05) is 0 Å². The number of aliphatic imine (C=N–C) groups is 1. The van der Waals surface area contributed by atoms with Crippen LogP contribution >= 0.6 is 24.0 Å². The quantitative estimate of drug-likeness (QED) is 0.411. The van der Waals surface area contributed by atoms with E-state index >= 15 is 0 Å². The molecule has 2 fully saturated rings. The number of pyridine rings is 1. The van der Waals surface area contributed by atoms with Crippen molar-refractivity contribution in [3.63, 3.8) is 0 Å². The van der Waals surface area contributed by atoms with Crippen LogP contribution in [0.25, 0.3) is 0 Å². The first-order chi connectivity index (χ1) is 11.2. The average molecular weight is 444 g/mol. The van der Waals surface area contributed by atoms with Gasteiger partial charge in [-0.05, 0) is 44.5 Å². The molecule has 0 aromatic carbocycles. The Balaban J connectivity index is 0.00000208. The Labute approximate surface area is 162 Å². The lowest BCUT2D eigenvalue weighted by Crippen LogP contribution is -2.44. The largest absolute Gasteiger partial charge is 0.357 e. The fraction of sp³-hybridized carbons (Fsp3) is 0.647. The van der Waals surface area contributed by atoms with Crippen LogP contribution in [0, 0.1) is 0 Å². The van der Waals surface area contributed by atoms with Crippen molar-refractivity contribution in [3.8, 4) is 0 Å². The summed E-state index contributed by atoms with van der Waals surface area (Å²) in [6, 6.07) is 4.85. The highest BCUT2D eigenvalue weighted by Crippen LogP contribution is 2.18. The Kier molecular flexibility index (Phi) is 7.54. The number of anilines is 1. The van der Waals surface area contributed by atoms with Crippen LogP contribution in [0.2, 0.25) is 0 Å².